The zero-order valence-electron chi connectivity index (χ0n) is 17.5. The number of fused-ring (bicyclic) bond motifs is 1. The summed E-state index contributed by atoms with van der Waals surface area (Å²) < 4.78 is 14.2. The molecule has 3 aromatic rings. The van der Waals surface area contributed by atoms with Gasteiger partial charge in [-0.15, -0.1) is 0 Å². The molecule has 164 valence electrons. The van der Waals surface area contributed by atoms with Gasteiger partial charge < -0.3 is 13.9 Å². The summed E-state index contributed by atoms with van der Waals surface area (Å²) in [6.45, 7) is 3.36. The van der Waals surface area contributed by atoms with Crippen molar-refractivity contribution in [3.05, 3.63) is 71.0 Å². The van der Waals surface area contributed by atoms with E-state index in [1.807, 2.05) is 6.07 Å². The van der Waals surface area contributed by atoms with Crippen LogP contribution in [0.3, 0.4) is 0 Å². The van der Waals surface area contributed by atoms with Crippen LogP contribution in [0.1, 0.15) is 41.1 Å². The fraction of sp³-hybridized carbons (Fsp3) is 0.250. The topological polar surface area (TPSA) is 107 Å². The molecule has 0 saturated heterocycles. The highest BCUT2D eigenvalue weighted by molar-refractivity contribution is 9.10. The van der Waals surface area contributed by atoms with Gasteiger partial charge in [-0.1, -0.05) is 34.1 Å². The second-order valence-corrected chi connectivity index (χ2v) is 8.19. The van der Waals surface area contributed by atoms with Gasteiger partial charge in [0, 0.05) is 17.4 Å². The lowest BCUT2D eigenvalue weighted by molar-refractivity contribution is -0.158. The Bertz CT molecular complexity index is 1190. The van der Waals surface area contributed by atoms with E-state index in [0.29, 0.717) is 22.1 Å². The first-order chi connectivity index (χ1) is 15.3. The molecule has 0 aliphatic rings. The number of para-hydroxylation sites is 1. The zero-order valence-corrected chi connectivity index (χ0v) is 19.1. The maximum atomic E-state index is 13.4. The average Bonchev–Trinajstić information content (AvgIpc) is 3.16. The van der Waals surface area contributed by atoms with E-state index in [9.17, 15) is 14.4 Å². The van der Waals surface area contributed by atoms with Crippen molar-refractivity contribution < 1.29 is 28.3 Å². The Morgan fingerprint density at radius 3 is 2.16 bits per heavy atom. The minimum atomic E-state index is -1.88. The molecule has 3 rings (SSSR count). The molecule has 0 saturated carbocycles. The van der Waals surface area contributed by atoms with Crippen LogP contribution < -0.4 is 0 Å². The third-order valence-electron chi connectivity index (χ3n) is 4.77. The molecular weight excluding hydrogens is 478 g/mol. The fourth-order valence-corrected chi connectivity index (χ4v) is 3.73. The van der Waals surface area contributed by atoms with E-state index in [2.05, 4.69) is 15.9 Å². The molecule has 32 heavy (non-hydrogen) atoms. The van der Waals surface area contributed by atoms with Gasteiger partial charge in [0.1, 0.15) is 11.3 Å². The maximum absolute atomic E-state index is 13.4. The van der Waals surface area contributed by atoms with Crippen molar-refractivity contribution in [3.8, 4) is 6.07 Å². The van der Waals surface area contributed by atoms with Crippen LogP contribution in [0.2, 0.25) is 0 Å². The molecule has 0 N–H and O–H groups in total. The van der Waals surface area contributed by atoms with Crippen LogP contribution in [0.5, 0.6) is 0 Å². The third-order valence-corrected chi connectivity index (χ3v) is 5.70. The molecule has 0 aliphatic heterocycles. The van der Waals surface area contributed by atoms with Crippen molar-refractivity contribution in [2.75, 3.05) is 13.2 Å². The molecule has 1 heterocycles. The number of hydrogen-bond acceptors (Lipinski definition) is 7. The van der Waals surface area contributed by atoms with Crippen LogP contribution in [0.4, 0.5) is 0 Å². The van der Waals surface area contributed by atoms with Gasteiger partial charge in [-0.25, -0.2) is 9.59 Å². The molecule has 8 heteroatoms. The van der Waals surface area contributed by atoms with Crippen LogP contribution >= 0.6 is 15.9 Å². The van der Waals surface area contributed by atoms with Crippen molar-refractivity contribution in [3.63, 3.8) is 0 Å². The summed E-state index contributed by atoms with van der Waals surface area (Å²) in [7, 11) is 0. The highest BCUT2D eigenvalue weighted by Gasteiger charge is 2.48. The van der Waals surface area contributed by atoms with E-state index in [0.717, 1.165) is 0 Å². The zero-order chi connectivity index (χ0) is 23.3. The predicted molar refractivity (Wildman–Crippen MR) is 119 cm³/mol. The first-order valence-electron chi connectivity index (χ1n) is 9.94. The van der Waals surface area contributed by atoms with Gasteiger partial charge >= 0.3 is 11.9 Å². The van der Waals surface area contributed by atoms with E-state index in [1.165, 1.54) is 0 Å². The number of ketones is 1. The first-order valence-corrected chi connectivity index (χ1v) is 10.7. The molecule has 2 aromatic carbocycles. The maximum Gasteiger partial charge on any atom is 0.334 e. The Labute approximate surface area is 193 Å². The molecule has 0 spiro atoms. The lowest BCUT2D eigenvalue weighted by atomic mass is 9.95. The lowest BCUT2D eigenvalue weighted by Crippen LogP contribution is -2.45. The molecule has 0 fully saturated rings. The van der Waals surface area contributed by atoms with E-state index >= 15 is 0 Å². The van der Waals surface area contributed by atoms with E-state index in [4.69, 9.17) is 19.2 Å². The fourth-order valence-electron chi connectivity index (χ4n) is 3.25. The third kappa shape index (κ3) is 4.43. The SMILES string of the molecule is CCOC(=O)C(Br)(Cc1oc2ccccc2c1C(=O)c1ccc(C#N)cc1)C(=O)OCC. The number of benzene rings is 2. The summed E-state index contributed by atoms with van der Waals surface area (Å²) in [6, 6.07) is 15.1. The Balaban J connectivity index is 2.13. The van der Waals surface area contributed by atoms with Gasteiger partial charge in [-0.2, -0.15) is 5.26 Å². The second-order valence-electron chi connectivity index (χ2n) is 6.83. The van der Waals surface area contributed by atoms with Crippen molar-refractivity contribution in [1.82, 2.24) is 0 Å². The standard InChI is InChI=1S/C24H20BrNO6/c1-3-30-22(28)24(25,23(29)31-4-2)13-19-20(17-7-5-6-8-18(17)32-19)21(27)16-11-9-15(14-26)10-12-16/h5-12H,3-4,13H2,1-2H3. The van der Waals surface area contributed by atoms with Crippen LogP contribution in [-0.2, 0) is 25.5 Å². The summed E-state index contributed by atoms with van der Waals surface area (Å²) in [5, 5.41) is 9.55. The largest absolute Gasteiger partial charge is 0.464 e. The molecule has 0 aliphatic carbocycles. The van der Waals surface area contributed by atoms with Gasteiger partial charge in [-0.05, 0) is 44.2 Å². The number of carbonyl (C=O) groups excluding carboxylic acids is 3. The van der Waals surface area contributed by atoms with E-state index in [1.54, 1.807) is 62.4 Å². The molecule has 0 amide bonds. The van der Waals surface area contributed by atoms with Crippen LogP contribution in [0.15, 0.2) is 52.9 Å². The van der Waals surface area contributed by atoms with Crippen molar-refractivity contribution in [1.29, 1.82) is 5.26 Å². The minimum Gasteiger partial charge on any atom is -0.464 e. The van der Waals surface area contributed by atoms with Gasteiger partial charge in [-0.3, -0.25) is 4.79 Å². The quantitative estimate of drug-likeness (QED) is 0.197. The first kappa shape index (κ1) is 23.2. The minimum absolute atomic E-state index is 0.0583. The van der Waals surface area contributed by atoms with Crippen LogP contribution in [-0.4, -0.2) is 35.3 Å². The number of furan rings is 1. The Hall–Kier alpha value is -3.44. The smallest absolute Gasteiger partial charge is 0.334 e. The molecule has 0 bridgehead atoms. The number of ether oxygens (including phenoxy) is 2. The lowest BCUT2D eigenvalue weighted by Gasteiger charge is -2.22. The molecule has 0 unspecified atom stereocenters. The summed E-state index contributed by atoms with van der Waals surface area (Å²) in [6.07, 6.45) is -0.295. The van der Waals surface area contributed by atoms with E-state index < -0.39 is 16.3 Å². The normalized spacial score (nSPS) is 11.1. The van der Waals surface area contributed by atoms with Gasteiger partial charge in [0.15, 0.2) is 5.78 Å². The highest BCUT2D eigenvalue weighted by Crippen LogP contribution is 2.35. The molecule has 1 aromatic heterocycles. The number of halogens is 1. The predicted octanol–water partition coefficient (Wildman–Crippen LogP) is 4.34. The van der Waals surface area contributed by atoms with Crippen molar-refractivity contribution in [2.45, 2.75) is 24.6 Å². The number of nitriles is 1. The van der Waals surface area contributed by atoms with Crippen LogP contribution in [0, 0.1) is 11.3 Å². The summed E-state index contributed by atoms with van der Waals surface area (Å²) in [5.41, 5.74) is 1.41. The summed E-state index contributed by atoms with van der Waals surface area (Å²) in [5.74, 6) is -1.90. The van der Waals surface area contributed by atoms with Crippen LogP contribution in [0.25, 0.3) is 11.0 Å². The van der Waals surface area contributed by atoms with Gasteiger partial charge in [0.2, 0.25) is 4.32 Å². The molecule has 0 atom stereocenters. The Morgan fingerprint density at radius 1 is 1.00 bits per heavy atom. The number of alkyl halides is 1. The van der Waals surface area contributed by atoms with Gasteiger partial charge in [0.25, 0.3) is 0 Å². The highest BCUT2D eigenvalue weighted by atomic mass is 79.9. The summed E-state index contributed by atoms with van der Waals surface area (Å²) >= 11 is 3.21. The Morgan fingerprint density at radius 2 is 1.59 bits per heavy atom. The number of hydrogen-bond donors (Lipinski definition) is 0. The summed E-state index contributed by atoms with van der Waals surface area (Å²) in [4.78, 5) is 38.8. The number of carbonyl (C=O) groups is 3. The van der Waals surface area contributed by atoms with Crippen molar-refractivity contribution in [2.24, 2.45) is 0 Å². The molecular formula is C24H20BrNO6. The van der Waals surface area contributed by atoms with Gasteiger partial charge in [0.05, 0.1) is 30.4 Å². The van der Waals surface area contributed by atoms with Crippen molar-refractivity contribution >= 4 is 44.6 Å². The number of nitrogens with zero attached hydrogens (tertiary/aromatic N) is 1. The van der Waals surface area contributed by atoms with E-state index in [-0.39, 0.29) is 36.7 Å². The average molecular weight is 498 g/mol. The number of rotatable bonds is 8. The number of esters is 2. The monoisotopic (exact) mass is 497 g/mol. The Kier molecular flexibility index (Phi) is 7.11. The molecule has 7 nitrogen and oxygen atoms in total. The molecule has 0 radical (unpaired) electrons. The second kappa shape index (κ2) is 9.79.